The molecule has 17 heavy (non-hydrogen) atoms. The largest absolute Gasteiger partial charge is 0.296 e. The second-order valence-corrected chi connectivity index (χ2v) is 4.08. The number of nitrogens with zero attached hydrogens (tertiary/aromatic N) is 2. The van der Waals surface area contributed by atoms with Gasteiger partial charge in [-0.05, 0) is 24.3 Å². The number of fused-ring (bicyclic) bond motifs is 1. The van der Waals surface area contributed by atoms with Crippen molar-refractivity contribution in [2.45, 2.75) is 0 Å². The van der Waals surface area contributed by atoms with Gasteiger partial charge in [-0.25, -0.2) is 4.98 Å². The highest BCUT2D eigenvalue weighted by atomic mass is 32.1. The maximum atomic E-state index is 9.94. The zero-order chi connectivity index (χ0) is 11.9. The van der Waals surface area contributed by atoms with Crippen LogP contribution in [0.4, 0.5) is 0 Å². The van der Waals surface area contributed by atoms with E-state index < -0.39 is 0 Å². The van der Waals surface area contributed by atoms with Gasteiger partial charge in [0.15, 0.2) is 6.29 Å². The molecule has 0 amide bonds. The highest BCUT2D eigenvalue weighted by molar-refractivity contribution is 7.16. The molecule has 0 radical (unpaired) electrons. The van der Waals surface area contributed by atoms with Crippen molar-refractivity contribution in [2.24, 2.45) is 0 Å². The minimum absolute atomic E-state index is 0.479. The minimum Gasteiger partial charge on any atom is -0.296 e. The first kappa shape index (κ1) is 11.4. The summed E-state index contributed by atoms with van der Waals surface area (Å²) in [5, 5.41) is 0. The van der Waals surface area contributed by atoms with E-state index in [2.05, 4.69) is 16.0 Å². The number of aromatic nitrogens is 2. The molecule has 0 atom stereocenters. The molecule has 0 aliphatic heterocycles. The van der Waals surface area contributed by atoms with E-state index in [1.54, 1.807) is 35.7 Å². The zero-order valence-corrected chi connectivity index (χ0v) is 9.80. The maximum absolute atomic E-state index is 9.94. The van der Waals surface area contributed by atoms with Crippen LogP contribution in [0, 0.1) is 0 Å². The van der Waals surface area contributed by atoms with Gasteiger partial charge >= 0.3 is 0 Å². The average Bonchev–Trinajstić information content (AvgIpc) is 2.89. The quantitative estimate of drug-likeness (QED) is 0.615. The molecule has 0 fully saturated rings. The van der Waals surface area contributed by atoms with E-state index in [9.17, 15) is 4.79 Å². The van der Waals surface area contributed by atoms with Gasteiger partial charge in [-0.15, -0.1) is 11.3 Å². The number of aldehydes is 1. The number of pyridine rings is 1. The van der Waals surface area contributed by atoms with Crippen LogP contribution in [0.5, 0.6) is 0 Å². The van der Waals surface area contributed by atoms with Gasteiger partial charge in [-0.3, -0.25) is 9.78 Å². The van der Waals surface area contributed by atoms with E-state index in [1.807, 2.05) is 23.7 Å². The van der Waals surface area contributed by atoms with Crippen molar-refractivity contribution in [1.29, 1.82) is 0 Å². The lowest BCUT2D eigenvalue weighted by Gasteiger charge is -1.81. The van der Waals surface area contributed by atoms with Crippen molar-refractivity contribution < 1.29 is 4.79 Å². The second-order valence-electron chi connectivity index (χ2n) is 3.19. The van der Waals surface area contributed by atoms with Crippen LogP contribution in [0.3, 0.4) is 0 Å². The van der Waals surface area contributed by atoms with Crippen LogP contribution in [0.2, 0.25) is 0 Å². The van der Waals surface area contributed by atoms with Crippen LogP contribution in [0.15, 0.2) is 54.2 Å². The van der Waals surface area contributed by atoms with E-state index in [1.165, 1.54) is 4.70 Å². The van der Waals surface area contributed by atoms with Gasteiger partial charge in [-0.2, -0.15) is 0 Å². The van der Waals surface area contributed by atoms with E-state index >= 15 is 0 Å². The standard InChI is InChI=1S/C7H5NS.C6H5NO/c1-2-4-7-6(3-1)8-5-9-7;8-5-6-3-1-2-4-7-6/h1-5H;1-5H. The molecule has 1 aromatic carbocycles. The lowest BCUT2D eigenvalue weighted by Crippen LogP contribution is -1.80. The molecule has 0 aliphatic carbocycles. The first-order valence-corrected chi connectivity index (χ1v) is 5.92. The molecule has 2 heterocycles. The summed E-state index contributed by atoms with van der Waals surface area (Å²) in [7, 11) is 0. The fourth-order valence-corrected chi connectivity index (χ4v) is 1.93. The summed E-state index contributed by atoms with van der Waals surface area (Å²) in [5.74, 6) is 0. The summed E-state index contributed by atoms with van der Waals surface area (Å²) in [6.45, 7) is 0. The Kier molecular flexibility index (Phi) is 3.94. The Balaban J connectivity index is 0.000000128. The zero-order valence-electron chi connectivity index (χ0n) is 8.98. The van der Waals surface area contributed by atoms with Gasteiger partial charge in [0.25, 0.3) is 0 Å². The van der Waals surface area contributed by atoms with E-state index in [4.69, 9.17) is 0 Å². The monoisotopic (exact) mass is 242 g/mol. The molecule has 0 aliphatic rings. The molecule has 0 saturated heterocycles. The molecule has 0 saturated carbocycles. The molecular weight excluding hydrogens is 232 g/mol. The Morgan fingerprint density at radius 2 is 1.82 bits per heavy atom. The lowest BCUT2D eigenvalue weighted by molar-refractivity contribution is 0.111. The molecule has 0 spiro atoms. The fourth-order valence-electron chi connectivity index (χ4n) is 1.25. The molecule has 4 heteroatoms. The number of hydrogen-bond acceptors (Lipinski definition) is 4. The number of hydrogen-bond donors (Lipinski definition) is 0. The van der Waals surface area contributed by atoms with Crippen molar-refractivity contribution in [2.75, 3.05) is 0 Å². The van der Waals surface area contributed by atoms with E-state index in [-0.39, 0.29) is 0 Å². The molecule has 0 bridgehead atoms. The van der Waals surface area contributed by atoms with E-state index in [0.29, 0.717) is 5.69 Å². The first-order chi connectivity index (χ1) is 8.40. The number of benzene rings is 1. The van der Waals surface area contributed by atoms with Crippen LogP contribution in [-0.2, 0) is 0 Å². The van der Waals surface area contributed by atoms with Crippen molar-refractivity contribution in [1.82, 2.24) is 9.97 Å². The molecular formula is C13H10N2OS. The van der Waals surface area contributed by atoms with Gasteiger partial charge < -0.3 is 0 Å². The highest BCUT2D eigenvalue weighted by Crippen LogP contribution is 2.15. The minimum atomic E-state index is 0.479. The van der Waals surface area contributed by atoms with Crippen molar-refractivity contribution in [3.63, 3.8) is 0 Å². The van der Waals surface area contributed by atoms with Gasteiger partial charge in [0.1, 0.15) is 5.69 Å². The predicted octanol–water partition coefficient (Wildman–Crippen LogP) is 3.19. The number of rotatable bonds is 1. The molecule has 2 aromatic heterocycles. The number of para-hydroxylation sites is 1. The smallest absolute Gasteiger partial charge is 0.168 e. The average molecular weight is 242 g/mol. The maximum Gasteiger partial charge on any atom is 0.168 e. The Bertz CT molecular complexity index is 562. The third kappa shape index (κ3) is 3.19. The Hall–Kier alpha value is -2.07. The fraction of sp³-hybridized carbons (Fsp3) is 0. The van der Waals surface area contributed by atoms with Gasteiger partial charge in [0, 0.05) is 6.20 Å². The third-order valence-corrected chi connectivity index (χ3v) is 2.86. The van der Waals surface area contributed by atoms with Crippen molar-refractivity contribution in [3.05, 3.63) is 59.9 Å². The van der Waals surface area contributed by atoms with Crippen LogP contribution in [0.1, 0.15) is 10.5 Å². The second kappa shape index (κ2) is 5.86. The predicted molar refractivity (Wildman–Crippen MR) is 69.2 cm³/mol. The molecule has 3 nitrogen and oxygen atoms in total. The van der Waals surface area contributed by atoms with Gasteiger partial charge in [0.2, 0.25) is 0 Å². The number of carbonyl (C=O) groups is 1. The summed E-state index contributed by atoms with van der Waals surface area (Å²) in [6, 6.07) is 13.3. The van der Waals surface area contributed by atoms with E-state index in [0.717, 1.165) is 11.8 Å². The molecule has 3 rings (SSSR count). The van der Waals surface area contributed by atoms with Crippen LogP contribution in [-0.4, -0.2) is 16.3 Å². The Morgan fingerprint density at radius 3 is 2.47 bits per heavy atom. The summed E-state index contributed by atoms with van der Waals surface area (Å²) >= 11 is 1.68. The summed E-state index contributed by atoms with van der Waals surface area (Å²) in [4.78, 5) is 17.8. The number of thiazole rings is 1. The van der Waals surface area contributed by atoms with Crippen LogP contribution in [0.25, 0.3) is 10.2 Å². The molecule has 84 valence electrons. The summed E-state index contributed by atoms with van der Waals surface area (Å²) in [5.41, 5.74) is 3.44. The Labute approximate surface area is 103 Å². The number of carbonyl (C=O) groups excluding carboxylic acids is 1. The normalized spacial score (nSPS) is 9.41. The SMILES string of the molecule is O=Cc1ccccn1.c1ccc2scnc2c1. The topological polar surface area (TPSA) is 42.9 Å². The van der Waals surface area contributed by atoms with Gasteiger partial charge in [0.05, 0.1) is 15.7 Å². The van der Waals surface area contributed by atoms with Crippen molar-refractivity contribution in [3.8, 4) is 0 Å². The summed E-state index contributed by atoms with van der Waals surface area (Å²) in [6.07, 6.45) is 2.31. The molecule has 3 aromatic rings. The van der Waals surface area contributed by atoms with Gasteiger partial charge in [-0.1, -0.05) is 18.2 Å². The Morgan fingerprint density at radius 1 is 1.00 bits per heavy atom. The third-order valence-electron chi connectivity index (χ3n) is 2.05. The summed E-state index contributed by atoms with van der Waals surface area (Å²) < 4.78 is 1.26. The van der Waals surface area contributed by atoms with Crippen LogP contribution < -0.4 is 0 Å². The lowest BCUT2D eigenvalue weighted by atomic mass is 10.3. The highest BCUT2D eigenvalue weighted by Gasteiger charge is 1.89. The first-order valence-electron chi connectivity index (χ1n) is 5.04. The molecule has 0 N–H and O–H groups in total. The van der Waals surface area contributed by atoms with Crippen molar-refractivity contribution >= 4 is 27.8 Å². The van der Waals surface area contributed by atoms with Crippen LogP contribution >= 0.6 is 11.3 Å². The molecule has 0 unspecified atom stereocenters.